The fraction of sp³-hybridized carbons (Fsp3) is 0.259. The third-order valence-electron chi connectivity index (χ3n) is 6.15. The summed E-state index contributed by atoms with van der Waals surface area (Å²) in [5, 5.41) is 13.3. The highest BCUT2D eigenvalue weighted by Crippen LogP contribution is 2.28. The number of aryl methyl sites for hydroxylation is 2. The Balaban J connectivity index is 1.44. The molecule has 0 atom stereocenters. The Kier molecular flexibility index (Phi) is 7.08. The van der Waals surface area contributed by atoms with E-state index >= 15 is 0 Å². The first-order valence-corrected chi connectivity index (χ1v) is 11.7. The van der Waals surface area contributed by atoms with Gasteiger partial charge in [0.25, 0.3) is 0 Å². The van der Waals surface area contributed by atoms with Crippen LogP contribution in [0.2, 0.25) is 5.02 Å². The Labute approximate surface area is 204 Å². The molecule has 1 heterocycles. The second kappa shape index (κ2) is 10.2. The molecule has 0 aliphatic carbocycles. The van der Waals surface area contributed by atoms with E-state index in [1.165, 1.54) is 5.56 Å². The molecule has 1 amide bonds. The van der Waals surface area contributed by atoms with E-state index in [9.17, 15) is 14.7 Å². The van der Waals surface area contributed by atoms with Crippen LogP contribution in [0.15, 0.2) is 60.7 Å². The minimum atomic E-state index is -1.07. The van der Waals surface area contributed by atoms with Crippen molar-refractivity contribution in [2.24, 2.45) is 0 Å². The van der Waals surface area contributed by atoms with Crippen LogP contribution in [0, 0.1) is 13.8 Å². The molecule has 0 radical (unpaired) electrons. The number of rotatable bonds is 6. The van der Waals surface area contributed by atoms with Crippen LogP contribution in [0.3, 0.4) is 0 Å². The molecule has 1 fully saturated rings. The maximum absolute atomic E-state index is 12.5. The Hall–Kier alpha value is -3.51. The second-order valence-corrected chi connectivity index (χ2v) is 9.09. The van der Waals surface area contributed by atoms with E-state index in [1.807, 2.05) is 55.5 Å². The van der Waals surface area contributed by atoms with E-state index in [1.54, 1.807) is 12.1 Å². The molecule has 3 aromatic rings. The van der Waals surface area contributed by atoms with Gasteiger partial charge in [0.1, 0.15) is 0 Å². The van der Waals surface area contributed by atoms with Gasteiger partial charge in [0.2, 0.25) is 5.91 Å². The van der Waals surface area contributed by atoms with Crippen molar-refractivity contribution in [3.8, 4) is 0 Å². The minimum Gasteiger partial charge on any atom is -0.478 e. The minimum absolute atomic E-state index is 0.0860. The van der Waals surface area contributed by atoms with Crippen LogP contribution in [0.5, 0.6) is 0 Å². The summed E-state index contributed by atoms with van der Waals surface area (Å²) in [4.78, 5) is 28.9. The molecule has 0 spiro atoms. The van der Waals surface area contributed by atoms with Gasteiger partial charge in [0.15, 0.2) is 0 Å². The van der Waals surface area contributed by atoms with E-state index in [4.69, 9.17) is 11.6 Å². The van der Waals surface area contributed by atoms with E-state index in [2.05, 4.69) is 22.0 Å². The summed E-state index contributed by atoms with van der Waals surface area (Å²) < 4.78 is 0. The van der Waals surface area contributed by atoms with Crippen molar-refractivity contribution >= 4 is 40.5 Å². The number of aromatic carboxylic acids is 1. The maximum atomic E-state index is 12.5. The summed E-state index contributed by atoms with van der Waals surface area (Å²) in [6, 6.07) is 18.8. The van der Waals surface area contributed by atoms with Crippen molar-refractivity contribution in [3.05, 3.63) is 87.9 Å². The molecule has 0 aromatic heterocycles. The largest absolute Gasteiger partial charge is 0.478 e. The van der Waals surface area contributed by atoms with Gasteiger partial charge in [-0.25, -0.2) is 4.79 Å². The molecular formula is C27H28ClN3O3. The van der Waals surface area contributed by atoms with Gasteiger partial charge in [-0.05, 0) is 55.3 Å². The molecule has 6 nitrogen and oxygen atoms in total. The number of amides is 1. The van der Waals surface area contributed by atoms with E-state index in [0.29, 0.717) is 10.7 Å². The number of piperazine rings is 1. The standard InChI is InChI=1S/C27H28ClN3O3/c1-18-3-6-20(7-4-18)15-26(32)29-24-10-9-22(17-23(24)27(33)34)30-11-13-31(14-12-30)25-16-21(28)8-5-19(25)2/h3-10,16-17H,11-15H2,1-2H3,(H,29,32)(H,33,34). The number of carbonyl (C=O) groups is 2. The fourth-order valence-corrected chi connectivity index (χ4v) is 4.40. The maximum Gasteiger partial charge on any atom is 0.337 e. The molecule has 0 bridgehead atoms. The zero-order chi connectivity index (χ0) is 24.2. The SMILES string of the molecule is Cc1ccc(CC(=O)Nc2ccc(N3CCN(c4cc(Cl)ccc4C)CC3)cc2C(=O)O)cc1. The quantitative estimate of drug-likeness (QED) is 0.513. The number of nitrogens with zero attached hydrogens (tertiary/aromatic N) is 2. The first kappa shape index (κ1) is 23.6. The molecule has 2 N–H and O–H groups in total. The van der Waals surface area contributed by atoms with Crippen molar-refractivity contribution in [2.75, 3.05) is 41.3 Å². The molecule has 0 unspecified atom stereocenters. The van der Waals surface area contributed by atoms with Gasteiger partial charge in [0, 0.05) is 42.6 Å². The Bertz CT molecular complexity index is 1200. The van der Waals surface area contributed by atoms with E-state index < -0.39 is 5.97 Å². The van der Waals surface area contributed by atoms with Crippen LogP contribution in [-0.2, 0) is 11.2 Å². The van der Waals surface area contributed by atoms with Crippen molar-refractivity contribution < 1.29 is 14.7 Å². The molecule has 0 saturated carbocycles. The molecule has 4 rings (SSSR count). The molecule has 3 aromatic carbocycles. The predicted octanol–water partition coefficient (Wildman–Crippen LogP) is 5.16. The van der Waals surface area contributed by atoms with Crippen LogP contribution < -0.4 is 15.1 Å². The summed E-state index contributed by atoms with van der Waals surface area (Å²) in [5.41, 5.74) is 5.53. The van der Waals surface area contributed by atoms with Crippen LogP contribution >= 0.6 is 11.6 Å². The average molecular weight is 478 g/mol. The molecule has 1 aliphatic heterocycles. The number of anilines is 3. The van der Waals surface area contributed by atoms with Gasteiger partial charge in [0.05, 0.1) is 17.7 Å². The summed E-state index contributed by atoms with van der Waals surface area (Å²) >= 11 is 6.19. The van der Waals surface area contributed by atoms with E-state index in [-0.39, 0.29) is 17.9 Å². The highest BCUT2D eigenvalue weighted by Gasteiger charge is 2.21. The number of hydrogen-bond donors (Lipinski definition) is 2. The highest BCUT2D eigenvalue weighted by molar-refractivity contribution is 6.30. The van der Waals surface area contributed by atoms with Gasteiger partial charge in [-0.1, -0.05) is 47.5 Å². The summed E-state index contributed by atoms with van der Waals surface area (Å²) in [7, 11) is 0. The zero-order valence-electron chi connectivity index (χ0n) is 19.3. The number of carboxylic acid groups (broad SMARTS) is 1. The number of carbonyl (C=O) groups excluding carboxylic acids is 1. The predicted molar refractivity (Wildman–Crippen MR) is 138 cm³/mol. The lowest BCUT2D eigenvalue weighted by atomic mass is 10.1. The first-order valence-electron chi connectivity index (χ1n) is 11.3. The summed E-state index contributed by atoms with van der Waals surface area (Å²) in [5.74, 6) is -1.31. The van der Waals surface area contributed by atoms with Crippen LogP contribution in [0.4, 0.5) is 17.1 Å². The zero-order valence-corrected chi connectivity index (χ0v) is 20.1. The molecule has 7 heteroatoms. The first-order chi connectivity index (χ1) is 16.3. The van der Waals surface area contributed by atoms with Crippen LogP contribution in [-0.4, -0.2) is 43.2 Å². The number of carboxylic acids is 1. The normalized spacial score (nSPS) is 13.6. The monoisotopic (exact) mass is 477 g/mol. The Morgan fingerprint density at radius 2 is 1.59 bits per heavy atom. The number of hydrogen-bond acceptors (Lipinski definition) is 4. The second-order valence-electron chi connectivity index (χ2n) is 8.65. The molecule has 1 saturated heterocycles. The van der Waals surface area contributed by atoms with Gasteiger partial charge >= 0.3 is 5.97 Å². The van der Waals surface area contributed by atoms with Crippen LogP contribution in [0.1, 0.15) is 27.0 Å². The molecule has 176 valence electrons. The third-order valence-corrected chi connectivity index (χ3v) is 6.38. The molecule has 1 aliphatic rings. The van der Waals surface area contributed by atoms with E-state index in [0.717, 1.165) is 48.7 Å². The average Bonchev–Trinajstić information content (AvgIpc) is 2.82. The van der Waals surface area contributed by atoms with Crippen molar-refractivity contribution in [1.29, 1.82) is 0 Å². The lowest BCUT2D eigenvalue weighted by Gasteiger charge is -2.38. The van der Waals surface area contributed by atoms with Crippen molar-refractivity contribution in [3.63, 3.8) is 0 Å². The van der Waals surface area contributed by atoms with Crippen LogP contribution in [0.25, 0.3) is 0 Å². The summed E-state index contributed by atoms with van der Waals surface area (Å²) in [6.07, 6.45) is 0.186. The van der Waals surface area contributed by atoms with Crippen molar-refractivity contribution in [1.82, 2.24) is 0 Å². The van der Waals surface area contributed by atoms with Gasteiger partial charge < -0.3 is 20.2 Å². The Morgan fingerprint density at radius 1 is 0.912 bits per heavy atom. The molecule has 34 heavy (non-hydrogen) atoms. The molecular weight excluding hydrogens is 450 g/mol. The smallest absolute Gasteiger partial charge is 0.337 e. The fourth-order valence-electron chi connectivity index (χ4n) is 4.23. The number of halogens is 1. The summed E-state index contributed by atoms with van der Waals surface area (Å²) in [6.45, 7) is 7.18. The third kappa shape index (κ3) is 5.51. The number of nitrogens with one attached hydrogen (secondary N) is 1. The topological polar surface area (TPSA) is 72.9 Å². The lowest BCUT2D eigenvalue weighted by molar-refractivity contribution is -0.115. The van der Waals surface area contributed by atoms with Crippen molar-refractivity contribution in [2.45, 2.75) is 20.3 Å². The highest BCUT2D eigenvalue weighted by atomic mass is 35.5. The Morgan fingerprint density at radius 3 is 2.26 bits per heavy atom. The van der Waals surface area contributed by atoms with Gasteiger partial charge in [-0.3, -0.25) is 4.79 Å². The lowest BCUT2D eigenvalue weighted by Crippen LogP contribution is -2.46. The van der Waals surface area contributed by atoms with Gasteiger partial charge in [-0.15, -0.1) is 0 Å². The number of benzene rings is 3. The van der Waals surface area contributed by atoms with Gasteiger partial charge in [-0.2, -0.15) is 0 Å².